The molecule has 0 saturated carbocycles. The Morgan fingerprint density at radius 2 is 0.844 bits per heavy atom. The van der Waals surface area contributed by atoms with Crippen LogP contribution in [0.25, 0.3) is 0 Å². The summed E-state index contributed by atoms with van der Waals surface area (Å²) in [6.45, 7) is 4.59. The maximum atomic E-state index is 14.0. The minimum atomic E-state index is -4.05. The van der Waals surface area contributed by atoms with Gasteiger partial charge in [0.1, 0.15) is 0 Å². The highest BCUT2D eigenvalue weighted by molar-refractivity contribution is 7.87. The van der Waals surface area contributed by atoms with Crippen molar-refractivity contribution in [2.75, 3.05) is 6.61 Å². The van der Waals surface area contributed by atoms with E-state index in [1.165, 1.54) is 103 Å². The van der Waals surface area contributed by atoms with Gasteiger partial charge in [-0.05, 0) is 19.3 Å². The largest absolute Gasteiger partial charge is 0.299 e. The Hall–Kier alpha value is -0.160. The summed E-state index contributed by atoms with van der Waals surface area (Å²) in [5.74, 6) is 0. The number of hydrogen-bond acceptors (Lipinski definition) is 3. The summed E-state index contributed by atoms with van der Waals surface area (Å²) in [5, 5.41) is 0. The normalized spacial score (nSPS) is 13.0. The summed E-state index contributed by atoms with van der Waals surface area (Å²) >= 11 is 0. The van der Waals surface area contributed by atoms with E-state index in [0.29, 0.717) is 12.8 Å². The van der Waals surface area contributed by atoms with Crippen LogP contribution in [0.15, 0.2) is 0 Å². The van der Waals surface area contributed by atoms with Crippen molar-refractivity contribution in [1.29, 1.82) is 0 Å². The predicted octanol–water partition coefficient (Wildman–Crippen LogP) is 9.64. The van der Waals surface area contributed by atoms with Crippen LogP contribution in [-0.4, -0.2) is 20.5 Å². The number of alkyl halides is 1. The molecule has 0 fully saturated rings. The van der Waals surface area contributed by atoms with E-state index < -0.39 is 15.6 Å². The molecule has 1 unspecified atom stereocenters. The summed E-state index contributed by atoms with van der Waals surface area (Å²) in [6.07, 6.45) is 26.3. The minimum Gasteiger partial charge on any atom is -0.268 e. The van der Waals surface area contributed by atoms with E-state index in [-0.39, 0.29) is 13.0 Å². The van der Waals surface area contributed by atoms with Gasteiger partial charge >= 0.3 is 0 Å². The van der Waals surface area contributed by atoms with E-state index in [9.17, 15) is 12.8 Å². The van der Waals surface area contributed by atoms with Gasteiger partial charge in [-0.15, -0.1) is 0 Å². The molecule has 0 saturated heterocycles. The van der Waals surface area contributed by atoms with Gasteiger partial charge in [-0.2, -0.15) is 8.42 Å². The second-order valence-electron chi connectivity index (χ2n) is 9.58. The van der Waals surface area contributed by atoms with Gasteiger partial charge in [-0.1, -0.05) is 142 Å². The Morgan fingerprint density at radius 1 is 0.531 bits per heavy atom. The summed E-state index contributed by atoms with van der Waals surface area (Å²) in [7, 11) is -4.05. The third-order valence-electron chi connectivity index (χ3n) is 6.34. The maximum absolute atomic E-state index is 14.0. The topological polar surface area (TPSA) is 43.4 Å². The molecule has 0 rings (SSSR count). The molecule has 0 heterocycles. The fourth-order valence-electron chi connectivity index (χ4n) is 4.13. The number of hydrogen-bond donors (Lipinski definition) is 0. The van der Waals surface area contributed by atoms with Crippen LogP contribution < -0.4 is 0 Å². The zero-order valence-corrected chi connectivity index (χ0v) is 22.4. The van der Waals surface area contributed by atoms with E-state index in [0.717, 1.165) is 25.7 Å². The van der Waals surface area contributed by atoms with Crippen LogP contribution in [0.5, 0.6) is 0 Å². The van der Waals surface area contributed by atoms with E-state index in [1.54, 1.807) is 0 Å². The Kier molecular flexibility index (Phi) is 23.9. The standard InChI is InChI=1S/C27H55FO3S/c1-3-5-7-9-11-13-14-15-16-18-20-22-24-26-31-32(29,30)27(28)25-23-21-19-17-12-10-8-6-4-2/h27H,3-26H2,1-2H3. The molecule has 0 aromatic carbocycles. The van der Waals surface area contributed by atoms with Gasteiger partial charge in [-0.3, -0.25) is 4.18 Å². The Labute approximate surface area is 200 Å². The lowest BCUT2D eigenvalue weighted by Crippen LogP contribution is -2.19. The highest BCUT2D eigenvalue weighted by Gasteiger charge is 2.25. The van der Waals surface area contributed by atoms with Crippen molar-refractivity contribution >= 4 is 10.1 Å². The van der Waals surface area contributed by atoms with Crippen molar-refractivity contribution in [3.8, 4) is 0 Å². The Bertz CT molecular complexity index is 468. The molecule has 0 aliphatic heterocycles. The summed E-state index contributed by atoms with van der Waals surface area (Å²) in [5.41, 5.74) is -1.87. The monoisotopic (exact) mass is 478 g/mol. The molecule has 0 aliphatic rings. The van der Waals surface area contributed by atoms with E-state index in [1.807, 2.05) is 0 Å². The lowest BCUT2D eigenvalue weighted by atomic mass is 10.0. The first-order chi connectivity index (χ1) is 15.5. The number of halogens is 1. The molecule has 0 radical (unpaired) electrons. The molecule has 5 heteroatoms. The first kappa shape index (κ1) is 31.8. The van der Waals surface area contributed by atoms with E-state index in [2.05, 4.69) is 13.8 Å². The van der Waals surface area contributed by atoms with Crippen molar-refractivity contribution in [3.05, 3.63) is 0 Å². The molecule has 3 nitrogen and oxygen atoms in total. The molecule has 0 amide bonds. The fourth-order valence-corrected chi connectivity index (χ4v) is 5.08. The highest BCUT2D eigenvalue weighted by atomic mass is 32.2. The van der Waals surface area contributed by atoms with Gasteiger partial charge < -0.3 is 0 Å². The lowest BCUT2D eigenvalue weighted by Gasteiger charge is -2.10. The summed E-state index contributed by atoms with van der Waals surface area (Å²) < 4.78 is 42.8. The molecular formula is C27H55FO3S. The van der Waals surface area contributed by atoms with Gasteiger partial charge in [0.05, 0.1) is 6.61 Å². The second kappa shape index (κ2) is 24.0. The molecule has 0 aromatic heterocycles. The van der Waals surface area contributed by atoms with E-state index in [4.69, 9.17) is 4.18 Å². The second-order valence-corrected chi connectivity index (χ2v) is 11.3. The van der Waals surface area contributed by atoms with Crippen LogP contribution in [0.4, 0.5) is 4.39 Å². The van der Waals surface area contributed by atoms with Gasteiger partial charge in [0, 0.05) is 0 Å². The number of rotatable bonds is 26. The van der Waals surface area contributed by atoms with Crippen molar-refractivity contribution in [1.82, 2.24) is 0 Å². The zero-order valence-electron chi connectivity index (χ0n) is 21.6. The molecule has 32 heavy (non-hydrogen) atoms. The molecule has 0 N–H and O–H groups in total. The molecular weight excluding hydrogens is 423 g/mol. The third-order valence-corrected chi connectivity index (χ3v) is 7.70. The van der Waals surface area contributed by atoms with Crippen LogP contribution in [0.3, 0.4) is 0 Å². The smallest absolute Gasteiger partial charge is 0.268 e. The van der Waals surface area contributed by atoms with Gasteiger partial charge in [0.25, 0.3) is 10.1 Å². The fraction of sp³-hybridized carbons (Fsp3) is 1.00. The van der Waals surface area contributed by atoms with Crippen molar-refractivity contribution in [2.24, 2.45) is 0 Å². The van der Waals surface area contributed by atoms with Crippen LogP contribution in [0.1, 0.15) is 162 Å². The summed E-state index contributed by atoms with van der Waals surface area (Å²) in [4.78, 5) is 0. The Balaban J connectivity index is 3.46. The zero-order chi connectivity index (χ0) is 23.8. The van der Waals surface area contributed by atoms with Crippen LogP contribution in [-0.2, 0) is 14.3 Å². The minimum absolute atomic E-state index is 0.0662. The molecule has 0 spiro atoms. The summed E-state index contributed by atoms with van der Waals surface area (Å²) in [6, 6.07) is 0. The van der Waals surface area contributed by atoms with Gasteiger partial charge in [0.15, 0.2) is 0 Å². The first-order valence-electron chi connectivity index (χ1n) is 14.1. The highest BCUT2D eigenvalue weighted by Crippen LogP contribution is 2.17. The predicted molar refractivity (Wildman–Crippen MR) is 137 cm³/mol. The average molecular weight is 479 g/mol. The quantitative estimate of drug-likeness (QED) is 0.0917. The Morgan fingerprint density at radius 3 is 1.22 bits per heavy atom. The van der Waals surface area contributed by atoms with Crippen molar-refractivity contribution < 1.29 is 17.0 Å². The van der Waals surface area contributed by atoms with Crippen molar-refractivity contribution in [2.45, 2.75) is 167 Å². The number of unbranched alkanes of at least 4 members (excludes halogenated alkanes) is 20. The third kappa shape index (κ3) is 21.7. The maximum Gasteiger partial charge on any atom is 0.299 e. The molecule has 0 bridgehead atoms. The lowest BCUT2D eigenvalue weighted by molar-refractivity contribution is 0.270. The van der Waals surface area contributed by atoms with Gasteiger partial charge in [-0.25, -0.2) is 4.39 Å². The van der Waals surface area contributed by atoms with Crippen LogP contribution in [0.2, 0.25) is 0 Å². The molecule has 0 aliphatic carbocycles. The SMILES string of the molecule is CCCCCCCCCCCCCCCOS(=O)(=O)C(F)CCCCCCCCCCC. The molecule has 194 valence electrons. The van der Waals surface area contributed by atoms with Crippen LogP contribution >= 0.6 is 0 Å². The van der Waals surface area contributed by atoms with Crippen molar-refractivity contribution in [3.63, 3.8) is 0 Å². The van der Waals surface area contributed by atoms with Crippen LogP contribution in [0, 0.1) is 0 Å². The molecule has 1 atom stereocenters. The first-order valence-corrected chi connectivity index (χ1v) is 15.5. The molecule has 0 aromatic rings. The average Bonchev–Trinajstić information content (AvgIpc) is 2.78. The van der Waals surface area contributed by atoms with E-state index >= 15 is 0 Å². The van der Waals surface area contributed by atoms with Gasteiger partial charge in [0.2, 0.25) is 5.50 Å².